The van der Waals surface area contributed by atoms with Crippen molar-refractivity contribution in [3.05, 3.63) is 59.7 Å². The number of para-hydroxylation sites is 2. The van der Waals surface area contributed by atoms with Crippen LogP contribution in [0.3, 0.4) is 0 Å². The lowest BCUT2D eigenvalue weighted by Crippen LogP contribution is -2.19. The third-order valence-electron chi connectivity index (χ3n) is 4.47. The van der Waals surface area contributed by atoms with Gasteiger partial charge in [-0.05, 0) is 41.5 Å². The predicted molar refractivity (Wildman–Crippen MR) is 86.8 cm³/mol. The van der Waals surface area contributed by atoms with Crippen LogP contribution in [-0.4, -0.2) is 5.11 Å². The molecule has 0 spiro atoms. The van der Waals surface area contributed by atoms with Crippen LogP contribution in [0.2, 0.25) is 0 Å². The van der Waals surface area contributed by atoms with Crippen LogP contribution in [0.15, 0.2) is 48.5 Å². The first-order valence-electron chi connectivity index (χ1n) is 7.59. The van der Waals surface area contributed by atoms with E-state index in [0.717, 1.165) is 18.4 Å². The molecule has 2 heteroatoms. The molecule has 2 aromatic rings. The van der Waals surface area contributed by atoms with E-state index in [2.05, 4.69) is 45.0 Å². The largest absolute Gasteiger partial charge is 0.504 e. The van der Waals surface area contributed by atoms with Gasteiger partial charge in [0.1, 0.15) is 6.61 Å². The van der Waals surface area contributed by atoms with E-state index in [4.69, 9.17) is 4.74 Å². The monoisotopic (exact) mass is 284 g/mol. The van der Waals surface area contributed by atoms with E-state index in [1.54, 1.807) is 18.2 Å². The molecule has 1 N–H and O–H groups in total. The third-order valence-corrected chi connectivity index (χ3v) is 4.47. The summed E-state index contributed by atoms with van der Waals surface area (Å²) >= 11 is 0. The Kier molecular flexibility index (Phi) is 4.89. The van der Waals surface area contributed by atoms with Gasteiger partial charge in [-0.15, -0.1) is 0 Å². The molecular weight excluding hydrogens is 260 g/mol. The van der Waals surface area contributed by atoms with Gasteiger partial charge in [-0.1, -0.05) is 57.2 Å². The highest BCUT2D eigenvalue weighted by molar-refractivity contribution is 5.38. The summed E-state index contributed by atoms with van der Waals surface area (Å²) in [6.07, 6.45) is 2.27. The summed E-state index contributed by atoms with van der Waals surface area (Å²) in [4.78, 5) is 0. The van der Waals surface area contributed by atoms with Gasteiger partial charge in [0.25, 0.3) is 0 Å². The molecule has 0 aliphatic carbocycles. The molecule has 0 bridgehead atoms. The molecule has 0 aliphatic rings. The van der Waals surface area contributed by atoms with Crippen molar-refractivity contribution in [2.24, 2.45) is 0 Å². The molecule has 2 rings (SSSR count). The summed E-state index contributed by atoms with van der Waals surface area (Å²) < 4.78 is 5.65. The van der Waals surface area contributed by atoms with Crippen LogP contribution in [0, 0.1) is 0 Å². The first-order chi connectivity index (χ1) is 10.1. The zero-order valence-corrected chi connectivity index (χ0v) is 13.1. The van der Waals surface area contributed by atoms with Gasteiger partial charge >= 0.3 is 0 Å². The Labute approximate surface area is 127 Å². The Morgan fingerprint density at radius 2 is 1.57 bits per heavy atom. The number of rotatable bonds is 6. The summed E-state index contributed by atoms with van der Waals surface area (Å²) in [7, 11) is 0. The molecule has 112 valence electrons. The Bertz CT molecular complexity index is 568. The maximum atomic E-state index is 9.68. The number of hydrogen-bond acceptors (Lipinski definition) is 2. The van der Waals surface area contributed by atoms with Gasteiger partial charge in [0.2, 0.25) is 0 Å². The van der Waals surface area contributed by atoms with Crippen molar-refractivity contribution < 1.29 is 9.84 Å². The Hall–Kier alpha value is -1.96. The minimum Gasteiger partial charge on any atom is -0.504 e. The van der Waals surface area contributed by atoms with E-state index in [0.29, 0.717) is 12.4 Å². The van der Waals surface area contributed by atoms with E-state index in [-0.39, 0.29) is 11.2 Å². The summed E-state index contributed by atoms with van der Waals surface area (Å²) in [6.45, 7) is 7.24. The molecule has 0 saturated carbocycles. The van der Waals surface area contributed by atoms with Gasteiger partial charge in [-0.3, -0.25) is 0 Å². The van der Waals surface area contributed by atoms with E-state index in [1.807, 2.05) is 6.07 Å². The molecule has 0 amide bonds. The molecule has 0 fully saturated rings. The quantitative estimate of drug-likeness (QED) is 0.804. The molecule has 2 nitrogen and oxygen atoms in total. The van der Waals surface area contributed by atoms with Crippen LogP contribution < -0.4 is 4.74 Å². The van der Waals surface area contributed by atoms with Gasteiger partial charge in [0.05, 0.1) is 0 Å². The SMILES string of the molecule is CCC(C)(CC)c1ccc(COc2ccccc2O)cc1. The molecule has 0 atom stereocenters. The molecule has 2 aromatic carbocycles. The maximum absolute atomic E-state index is 9.68. The molecule has 0 heterocycles. The van der Waals surface area contributed by atoms with Crippen molar-refractivity contribution in [1.82, 2.24) is 0 Å². The molecule has 0 radical (unpaired) electrons. The lowest BCUT2D eigenvalue weighted by atomic mass is 9.78. The van der Waals surface area contributed by atoms with Crippen LogP contribution in [0.4, 0.5) is 0 Å². The summed E-state index contributed by atoms with van der Waals surface area (Å²) in [5, 5.41) is 9.68. The van der Waals surface area contributed by atoms with Gasteiger partial charge in [-0.2, -0.15) is 0 Å². The number of phenolic OH excluding ortho intramolecular Hbond substituents is 1. The maximum Gasteiger partial charge on any atom is 0.161 e. The molecule has 0 saturated heterocycles. The highest BCUT2D eigenvalue weighted by Crippen LogP contribution is 2.31. The van der Waals surface area contributed by atoms with Crippen LogP contribution >= 0.6 is 0 Å². The summed E-state index contributed by atoms with van der Waals surface area (Å²) in [6, 6.07) is 15.6. The third kappa shape index (κ3) is 3.57. The lowest BCUT2D eigenvalue weighted by molar-refractivity contribution is 0.289. The van der Waals surface area contributed by atoms with E-state index in [1.165, 1.54) is 5.56 Å². The van der Waals surface area contributed by atoms with Crippen molar-refractivity contribution >= 4 is 0 Å². The number of aromatic hydroxyl groups is 1. The van der Waals surface area contributed by atoms with E-state index >= 15 is 0 Å². The first kappa shape index (κ1) is 15.4. The van der Waals surface area contributed by atoms with Crippen LogP contribution in [0.1, 0.15) is 44.7 Å². The Morgan fingerprint density at radius 3 is 2.14 bits per heavy atom. The highest BCUT2D eigenvalue weighted by Gasteiger charge is 2.21. The second-order valence-electron chi connectivity index (χ2n) is 5.72. The fourth-order valence-electron chi connectivity index (χ4n) is 2.40. The second-order valence-corrected chi connectivity index (χ2v) is 5.72. The van der Waals surface area contributed by atoms with Gasteiger partial charge < -0.3 is 9.84 Å². The van der Waals surface area contributed by atoms with Gasteiger partial charge in [0, 0.05) is 0 Å². The molecule has 21 heavy (non-hydrogen) atoms. The molecular formula is C19H24O2. The number of hydrogen-bond donors (Lipinski definition) is 1. The van der Waals surface area contributed by atoms with Crippen LogP contribution in [0.25, 0.3) is 0 Å². The number of phenols is 1. The van der Waals surface area contributed by atoms with Crippen molar-refractivity contribution in [1.29, 1.82) is 0 Å². The zero-order valence-electron chi connectivity index (χ0n) is 13.1. The van der Waals surface area contributed by atoms with Crippen LogP contribution in [-0.2, 0) is 12.0 Å². The zero-order chi connectivity index (χ0) is 15.3. The fourth-order valence-corrected chi connectivity index (χ4v) is 2.40. The number of benzene rings is 2. The first-order valence-corrected chi connectivity index (χ1v) is 7.59. The summed E-state index contributed by atoms with van der Waals surface area (Å²) in [5.41, 5.74) is 2.73. The Balaban J connectivity index is 2.05. The minimum atomic E-state index is 0.179. The molecule has 0 unspecified atom stereocenters. The number of ether oxygens (including phenoxy) is 1. The van der Waals surface area contributed by atoms with Crippen molar-refractivity contribution in [3.63, 3.8) is 0 Å². The van der Waals surface area contributed by atoms with Crippen molar-refractivity contribution in [3.8, 4) is 11.5 Å². The van der Waals surface area contributed by atoms with Crippen LogP contribution in [0.5, 0.6) is 11.5 Å². The van der Waals surface area contributed by atoms with Crippen molar-refractivity contribution in [2.75, 3.05) is 0 Å². The van der Waals surface area contributed by atoms with E-state index < -0.39 is 0 Å². The molecule has 0 aliphatic heterocycles. The Morgan fingerprint density at radius 1 is 0.952 bits per heavy atom. The smallest absolute Gasteiger partial charge is 0.161 e. The predicted octanol–water partition coefficient (Wildman–Crippen LogP) is 5.05. The topological polar surface area (TPSA) is 29.5 Å². The lowest BCUT2D eigenvalue weighted by Gasteiger charge is -2.27. The summed E-state index contributed by atoms with van der Waals surface area (Å²) in [5.74, 6) is 0.701. The normalized spacial score (nSPS) is 11.4. The highest BCUT2D eigenvalue weighted by atomic mass is 16.5. The average molecular weight is 284 g/mol. The fraction of sp³-hybridized carbons (Fsp3) is 0.368. The standard InChI is InChI=1S/C19H24O2/c1-4-19(3,5-2)16-12-10-15(11-13-16)14-21-18-9-7-6-8-17(18)20/h6-13,20H,4-5,14H2,1-3H3. The van der Waals surface area contributed by atoms with Crippen molar-refractivity contribution in [2.45, 2.75) is 45.6 Å². The van der Waals surface area contributed by atoms with Gasteiger partial charge in [-0.25, -0.2) is 0 Å². The van der Waals surface area contributed by atoms with E-state index in [9.17, 15) is 5.11 Å². The average Bonchev–Trinajstić information content (AvgIpc) is 2.54. The van der Waals surface area contributed by atoms with Gasteiger partial charge in [0.15, 0.2) is 11.5 Å². The molecule has 0 aromatic heterocycles. The second kappa shape index (κ2) is 6.66. The minimum absolute atomic E-state index is 0.179.